The molecule has 0 aromatic rings. The minimum absolute atomic E-state index is 0.0130. The summed E-state index contributed by atoms with van der Waals surface area (Å²) >= 11 is 0. The summed E-state index contributed by atoms with van der Waals surface area (Å²) in [4.78, 5) is 40.7. The Morgan fingerprint density at radius 1 is 0.955 bits per heavy atom. The number of hydrogen-bond donors (Lipinski definition) is 1. The summed E-state index contributed by atoms with van der Waals surface area (Å²) in [7, 11) is 1.59. The number of carbonyl (C=O) groups excluding carboxylic acids is 3. The van der Waals surface area contributed by atoms with Crippen LogP contribution in [0.3, 0.4) is 0 Å². The van der Waals surface area contributed by atoms with Crippen molar-refractivity contribution in [2.45, 2.75) is 58.5 Å². The Morgan fingerprint density at radius 3 is 2.05 bits per heavy atom. The van der Waals surface area contributed by atoms with Gasteiger partial charge in [0.05, 0.1) is 0 Å². The number of amides is 3. The normalized spacial score (nSPS) is 25.5. The van der Waals surface area contributed by atoms with Crippen LogP contribution in [0.1, 0.15) is 46.5 Å². The Hall–Kier alpha value is -1.59. The van der Waals surface area contributed by atoms with Gasteiger partial charge in [0.15, 0.2) is 0 Å². The van der Waals surface area contributed by atoms with Gasteiger partial charge in [-0.2, -0.15) is 0 Å². The fourth-order valence-corrected chi connectivity index (χ4v) is 3.36. The third-order valence-corrected chi connectivity index (χ3v) is 4.53. The molecule has 6 heteroatoms. The maximum atomic E-state index is 12.9. The summed E-state index contributed by atoms with van der Waals surface area (Å²) in [6, 6.07) is -0.790. The minimum atomic E-state index is -0.492. The van der Waals surface area contributed by atoms with Crippen LogP contribution in [0.2, 0.25) is 0 Å². The molecule has 2 rings (SSSR count). The smallest absolute Gasteiger partial charge is 0.246 e. The van der Waals surface area contributed by atoms with Gasteiger partial charge in [-0.3, -0.25) is 14.4 Å². The highest BCUT2D eigenvalue weighted by Gasteiger charge is 2.43. The molecule has 6 nitrogen and oxygen atoms in total. The molecule has 2 fully saturated rings. The first kappa shape index (κ1) is 16.8. The Kier molecular flexibility index (Phi) is 4.78. The molecule has 124 valence electrons. The summed E-state index contributed by atoms with van der Waals surface area (Å²) in [5.41, 5.74) is -0.492. The van der Waals surface area contributed by atoms with Gasteiger partial charge >= 0.3 is 0 Å². The quantitative estimate of drug-likeness (QED) is 0.819. The molecule has 2 heterocycles. The standard InChI is InChI=1S/C16H27N3O3/c1-16(2,3)15(22)19-10-6-8-12(19)14(21)18-9-5-7-11(18)13(20)17-4/h11-12H,5-10H2,1-4H3,(H,17,20). The van der Waals surface area contributed by atoms with Gasteiger partial charge < -0.3 is 15.1 Å². The molecular formula is C16H27N3O3. The van der Waals surface area contributed by atoms with Crippen molar-refractivity contribution >= 4 is 17.7 Å². The number of rotatable bonds is 2. The van der Waals surface area contributed by atoms with E-state index >= 15 is 0 Å². The van der Waals surface area contributed by atoms with Crippen molar-refractivity contribution in [2.75, 3.05) is 20.1 Å². The summed E-state index contributed by atoms with van der Waals surface area (Å²) in [5.74, 6) is -0.169. The Morgan fingerprint density at radius 2 is 1.50 bits per heavy atom. The molecule has 0 aromatic carbocycles. The van der Waals surface area contributed by atoms with E-state index < -0.39 is 11.5 Å². The zero-order valence-electron chi connectivity index (χ0n) is 14.0. The van der Waals surface area contributed by atoms with Gasteiger partial charge in [-0.05, 0) is 25.7 Å². The maximum Gasteiger partial charge on any atom is 0.246 e. The van der Waals surface area contributed by atoms with Gasteiger partial charge in [0.1, 0.15) is 12.1 Å². The molecule has 0 saturated carbocycles. The second-order valence-corrected chi connectivity index (χ2v) is 7.21. The van der Waals surface area contributed by atoms with Crippen LogP contribution in [-0.2, 0) is 14.4 Å². The van der Waals surface area contributed by atoms with Crippen molar-refractivity contribution in [1.29, 1.82) is 0 Å². The highest BCUT2D eigenvalue weighted by Crippen LogP contribution is 2.28. The third-order valence-electron chi connectivity index (χ3n) is 4.53. The van der Waals surface area contributed by atoms with Crippen LogP contribution in [0.4, 0.5) is 0 Å². The molecule has 2 unspecified atom stereocenters. The number of likely N-dealkylation sites (N-methyl/N-ethyl adjacent to an activating group) is 1. The predicted octanol–water partition coefficient (Wildman–Crippen LogP) is 0.760. The first-order chi connectivity index (χ1) is 10.3. The molecule has 22 heavy (non-hydrogen) atoms. The van der Waals surface area contributed by atoms with Gasteiger partial charge in [-0.15, -0.1) is 0 Å². The fourth-order valence-electron chi connectivity index (χ4n) is 3.36. The number of likely N-dealkylation sites (tertiary alicyclic amines) is 2. The van der Waals surface area contributed by atoms with E-state index in [0.717, 1.165) is 12.8 Å². The van der Waals surface area contributed by atoms with E-state index in [0.29, 0.717) is 25.9 Å². The van der Waals surface area contributed by atoms with Crippen LogP contribution < -0.4 is 5.32 Å². The van der Waals surface area contributed by atoms with Gasteiger partial charge in [0.25, 0.3) is 0 Å². The van der Waals surface area contributed by atoms with Crippen molar-refractivity contribution in [3.63, 3.8) is 0 Å². The Balaban J connectivity index is 2.14. The lowest BCUT2D eigenvalue weighted by Crippen LogP contribution is -2.54. The van der Waals surface area contributed by atoms with Crippen LogP contribution in [0.25, 0.3) is 0 Å². The number of nitrogens with zero attached hydrogens (tertiary/aromatic N) is 2. The van der Waals surface area contributed by atoms with Crippen LogP contribution >= 0.6 is 0 Å². The van der Waals surface area contributed by atoms with E-state index in [1.54, 1.807) is 16.8 Å². The molecule has 0 bridgehead atoms. The first-order valence-corrected chi connectivity index (χ1v) is 8.10. The van der Waals surface area contributed by atoms with Crippen LogP contribution in [0.5, 0.6) is 0 Å². The van der Waals surface area contributed by atoms with Crippen molar-refractivity contribution in [3.8, 4) is 0 Å². The molecule has 2 saturated heterocycles. The minimum Gasteiger partial charge on any atom is -0.357 e. The average molecular weight is 309 g/mol. The van der Waals surface area contributed by atoms with E-state index in [2.05, 4.69) is 5.32 Å². The lowest BCUT2D eigenvalue weighted by Gasteiger charge is -2.33. The molecule has 0 spiro atoms. The number of carbonyl (C=O) groups is 3. The zero-order chi connectivity index (χ0) is 16.5. The second-order valence-electron chi connectivity index (χ2n) is 7.21. The third kappa shape index (κ3) is 3.10. The highest BCUT2D eigenvalue weighted by molar-refractivity contribution is 5.93. The summed E-state index contributed by atoms with van der Waals surface area (Å²) < 4.78 is 0. The molecule has 2 aliphatic rings. The van der Waals surface area contributed by atoms with Crippen LogP contribution in [0.15, 0.2) is 0 Å². The lowest BCUT2D eigenvalue weighted by molar-refractivity contribution is -0.150. The number of hydrogen-bond acceptors (Lipinski definition) is 3. The van der Waals surface area contributed by atoms with Crippen LogP contribution in [0, 0.1) is 5.41 Å². The van der Waals surface area contributed by atoms with E-state index in [9.17, 15) is 14.4 Å². The van der Waals surface area contributed by atoms with Crippen molar-refractivity contribution in [1.82, 2.24) is 15.1 Å². The topological polar surface area (TPSA) is 69.7 Å². The molecule has 3 amide bonds. The van der Waals surface area contributed by atoms with E-state index in [1.165, 1.54) is 0 Å². The summed E-state index contributed by atoms with van der Waals surface area (Å²) in [6.45, 7) is 6.85. The van der Waals surface area contributed by atoms with Gasteiger partial charge in [0, 0.05) is 25.6 Å². The molecule has 0 aromatic heterocycles. The Bertz CT molecular complexity index is 470. The first-order valence-electron chi connectivity index (χ1n) is 8.10. The highest BCUT2D eigenvalue weighted by atomic mass is 16.2. The maximum absolute atomic E-state index is 12.9. The van der Waals surface area contributed by atoms with Crippen molar-refractivity contribution in [2.24, 2.45) is 5.41 Å². The molecule has 1 N–H and O–H groups in total. The fraction of sp³-hybridized carbons (Fsp3) is 0.812. The van der Waals surface area contributed by atoms with E-state index in [-0.39, 0.29) is 23.8 Å². The monoisotopic (exact) mass is 309 g/mol. The van der Waals surface area contributed by atoms with Gasteiger partial charge in [-0.25, -0.2) is 0 Å². The molecule has 0 aliphatic carbocycles. The second kappa shape index (κ2) is 6.26. The van der Waals surface area contributed by atoms with Crippen molar-refractivity contribution in [3.05, 3.63) is 0 Å². The Labute approximate surface area is 132 Å². The largest absolute Gasteiger partial charge is 0.357 e. The lowest BCUT2D eigenvalue weighted by atomic mass is 9.94. The number of nitrogens with one attached hydrogen (secondary N) is 1. The van der Waals surface area contributed by atoms with Crippen molar-refractivity contribution < 1.29 is 14.4 Å². The molecule has 2 atom stereocenters. The predicted molar refractivity (Wildman–Crippen MR) is 83.0 cm³/mol. The molecular weight excluding hydrogens is 282 g/mol. The van der Waals surface area contributed by atoms with Gasteiger partial charge in [0.2, 0.25) is 17.7 Å². The van der Waals surface area contributed by atoms with E-state index in [1.807, 2.05) is 20.8 Å². The summed E-state index contributed by atoms with van der Waals surface area (Å²) in [6.07, 6.45) is 3.07. The van der Waals surface area contributed by atoms with Crippen LogP contribution in [-0.4, -0.2) is 59.7 Å². The zero-order valence-corrected chi connectivity index (χ0v) is 14.0. The molecule has 0 radical (unpaired) electrons. The van der Waals surface area contributed by atoms with Gasteiger partial charge in [-0.1, -0.05) is 20.8 Å². The summed E-state index contributed by atoms with van der Waals surface area (Å²) in [5, 5.41) is 2.63. The molecule has 2 aliphatic heterocycles. The SMILES string of the molecule is CNC(=O)C1CCCN1C(=O)C1CCCN1C(=O)C(C)(C)C. The van der Waals surface area contributed by atoms with E-state index in [4.69, 9.17) is 0 Å². The average Bonchev–Trinajstić information content (AvgIpc) is 3.12.